The Bertz CT molecular complexity index is 347. The molecule has 6 heteroatoms. The Labute approximate surface area is 179 Å². The summed E-state index contributed by atoms with van der Waals surface area (Å²) < 4.78 is 26.7. The summed E-state index contributed by atoms with van der Waals surface area (Å²) in [6.45, 7) is 2.27. The molecule has 148 valence electrons. The van der Waals surface area contributed by atoms with Crippen LogP contribution in [0, 0.1) is 0 Å². The Balaban J connectivity index is 0. The van der Waals surface area contributed by atoms with Gasteiger partial charge in [-0.25, -0.2) is 4.89 Å². The van der Waals surface area contributed by atoms with Crippen molar-refractivity contribution in [2.24, 2.45) is 0 Å². The monoisotopic (exact) mass is 388 g/mol. The standard InChI is InChI=1S/C19H40O4S.Na.H/c1-3-4-5-6-7-8-9-10-11-12-13-14-15-16-17-18-19-24(20,21)23-22-2;;/h3-19H2,1-2H3;;. The van der Waals surface area contributed by atoms with Crippen molar-refractivity contribution in [3.63, 3.8) is 0 Å². The Hall–Kier alpha value is 0.870. The topological polar surface area (TPSA) is 52.6 Å². The summed E-state index contributed by atoms with van der Waals surface area (Å²) in [5, 5.41) is 0. The molecule has 0 aliphatic carbocycles. The van der Waals surface area contributed by atoms with Gasteiger partial charge >= 0.3 is 29.6 Å². The molecule has 0 spiro atoms. The second-order valence-corrected chi connectivity index (χ2v) is 8.46. The van der Waals surface area contributed by atoms with E-state index in [1.807, 2.05) is 0 Å². The van der Waals surface area contributed by atoms with Crippen LogP contribution in [0.2, 0.25) is 0 Å². The maximum absolute atomic E-state index is 11.2. The fraction of sp³-hybridized carbons (Fsp3) is 1.00. The Morgan fingerprint density at radius 1 is 0.600 bits per heavy atom. The fourth-order valence-electron chi connectivity index (χ4n) is 2.96. The fourth-order valence-corrected chi connectivity index (χ4v) is 3.80. The molecule has 0 amide bonds. The Morgan fingerprint density at radius 3 is 1.24 bits per heavy atom. The van der Waals surface area contributed by atoms with E-state index in [9.17, 15) is 8.42 Å². The zero-order valence-corrected chi connectivity index (χ0v) is 16.9. The minimum atomic E-state index is -3.47. The van der Waals surface area contributed by atoms with Gasteiger partial charge in [0, 0.05) is 0 Å². The van der Waals surface area contributed by atoms with Gasteiger partial charge in [0.25, 0.3) is 10.1 Å². The van der Waals surface area contributed by atoms with Crippen LogP contribution in [0.4, 0.5) is 0 Å². The minimum absolute atomic E-state index is 0. The zero-order valence-electron chi connectivity index (χ0n) is 16.1. The van der Waals surface area contributed by atoms with Crippen LogP contribution in [-0.2, 0) is 19.3 Å². The van der Waals surface area contributed by atoms with E-state index in [4.69, 9.17) is 0 Å². The molecule has 0 aliphatic rings. The van der Waals surface area contributed by atoms with Gasteiger partial charge < -0.3 is 0 Å². The number of hydrogen-bond acceptors (Lipinski definition) is 4. The summed E-state index contributed by atoms with van der Waals surface area (Å²) in [4.78, 5) is 4.20. The summed E-state index contributed by atoms with van der Waals surface area (Å²) in [6, 6.07) is 0. The van der Waals surface area contributed by atoms with Crippen LogP contribution < -0.4 is 0 Å². The summed E-state index contributed by atoms with van der Waals surface area (Å²) in [5.41, 5.74) is 0. The molecule has 0 heterocycles. The van der Waals surface area contributed by atoms with Crippen LogP contribution in [0.25, 0.3) is 0 Å². The van der Waals surface area contributed by atoms with Crippen molar-refractivity contribution < 1.29 is 17.6 Å². The van der Waals surface area contributed by atoms with Gasteiger partial charge in [-0.15, -0.1) is 4.33 Å². The van der Waals surface area contributed by atoms with E-state index < -0.39 is 10.1 Å². The molecule has 25 heavy (non-hydrogen) atoms. The van der Waals surface area contributed by atoms with E-state index in [1.54, 1.807) is 0 Å². The maximum atomic E-state index is 11.2. The van der Waals surface area contributed by atoms with Gasteiger partial charge in [-0.1, -0.05) is 103 Å². The molecule has 0 aromatic carbocycles. The van der Waals surface area contributed by atoms with E-state index in [1.165, 1.54) is 90.6 Å². The first kappa shape index (κ1) is 28.1. The van der Waals surface area contributed by atoms with Crippen molar-refractivity contribution in [2.45, 2.75) is 110 Å². The molecule has 0 rings (SSSR count). The summed E-state index contributed by atoms with van der Waals surface area (Å²) in [7, 11) is -2.26. The average Bonchev–Trinajstić information content (AvgIpc) is 2.54. The Kier molecular flexibility index (Phi) is 23.8. The average molecular weight is 389 g/mol. The third-order valence-electron chi connectivity index (χ3n) is 4.42. The van der Waals surface area contributed by atoms with E-state index in [2.05, 4.69) is 16.1 Å². The van der Waals surface area contributed by atoms with Crippen molar-refractivity contribution in [1.82, 2.24) is 0 Å². The van der Waals surface area contributed by atoms with Gasteiger partial charge in [-0.05, 0) is 6.42 Å². The van der Waals surface area contributed by atoms with Crippen LogP contribution in [0.1, 0.15) is 110 Å². The number of rotatable bonds is 19. The summed E-state index contributed by atoms with van der Waals surface area (Å²) in [6.07, 6.45) is 20.5. The first-order chi connectivity index (χ1) is 11.6. The molecule has 0 fully saturated rings. The molecule has 0 bridgehead atoms. The predicted octanol–water partition coefficient (Wildman–Crippen LogP) is 5.51. The quantitative estimate of drug-likeness (QED) is 0.127. The summed E-state index contributed by atoms with van der Waals surface area (Å²) >= 11 is 0. The molecule has 0 saturated heterocycles. The SMILES string of the molecule is CCCCCCCCCCCCCCCCCCS(=O)(=O)OOC.[NaH]. The molecule has 0 atom stereocenters. The van der Waals surface area contributed by atoms with Crippen molar-refractivity contribution in [1.29, 1.82) is 0 Å². The normalized spacial score (nSPS) is 11.4. The van der Waals surface area contributed by atoms with Gasteiger partial charge in [-0.2, -0.15) is 8.42 Å². The molecule has 0 unspecified atom stereocenters. The van der Waals surface area contributed by atoms with Crippen LogP contribution >= 0.6 is 0 Å². The van der Waals surface area contributed by atoms with E-state index in [0.717, 1.165) is 12.8 Å². The second kappa shape index (κ2) is 21.2. The second-order valence-electron chi connectivity index (χ2n) is 6.80. The summed E-state index contributed by atoms with van der Waals surface area (Å²) in [5.74, 6) is 0.0548. The molecule has 0 N–H and O–H groups in total. The number of hydrogen-bond donors (Lipinski definition) is 0. The molecule has 0 aromatic rings. The van der Waals surface area contributed by atoms with Crippen LogP contribution in [0.5, 0.6) is 0 Å². The molecule has 0 saturated carbocycles. The first-order valence-electron chi connectivity index (χ1n) is 10.1. The third-order valence-corrected chi connectivity index (χ3v) is 5.55. The van der Waals surface area contributed by atoms with Gasteiger partial charge in [0.2, 0.25) is 0 Å². The van der Waals surface area contributed by atoms with Crippen LogP contribution in [0.15, 0.2) is 0 Å². The van der Waals surface area contributed by atoms with E-state index in [0.29, 0.717) is 6.42 Å². The van der Waals surface area contributed by atoms with Crippen LogP contribution in [-0.4, -0.2) is 50.8 Å². The first-order valence-corrected chi connectivity index (χ1v) is 11.6. The molecule has 0 radical (unpaired) electrons. The Morgan fingerprint density at radius 2 is 0.920 bits per heavy atom. The van der Waals surface area contributed by atoms with Crippen LogP contribution in [0.3, 0.4) is 0 Å². The molecule has 4 nitrogen and oxygen atoms in total. The third kappa shape index (κ3) is 22.8. The molecule has 0 aliphatic heterocycles. The van der Waals surface area contributed by atoms with Gasteiger partial charge in [0.15, 0.2) is 0 Å². The molecule has 0 aromatic heterocycles. The zero-order chi connectivity index (χ0) is 17.9. The molecular formula is C19H41NaO4S. The van der Waals surface area contributed by atoms with E-state index in [-0.39, 0.29) is 35.3 Å². The van der Waals surface area contributed by atoms with Gasteiger partial charge in [0.05, 0.1) is 12.9 Å². The van der Waals surface area contributed by atoms with Gasteiger partial charge in [-0.3, -0.25) is 0 Å². The number of unbranched alkanes of at least 4 members (excludes halogenated alkanes) is 15. The van der Waals surface area contributed by atoms with Gasteiger partial charge in [0.1, 0.15) is 0 Å². The van der Waals surface area contributed by atoms with Crippen molar-refractivity contribution in [2.75, 3.05) is 12.9 Å². The van der Waals surface area contributed by atoms with Crippen molar-refractivity contribution in [3.8, 4) is 0 Å². The van der Waals surface area contributed by atoms with Crippen molar-refractivity contribution in [3.05, 3.63) is 0 Å². The van der Waals surface area contributed by atoms with E-state index >= 15 is 0 Å². The van der Waals surface area contributed by atoms with Crippen molar-refractivity contribution >= 4 is 39.7 Å². The molecular weight excluding hydrogens is 347 g/mol. The predicted molar refractivity (Wildman–Crippen MR) is 109 cm³/mol.